The monoisotopic (exact) mass is 350 g/mol. The molecule has 0 aliphatic carbocycles. The molecule has 1 N–H and O–H groups in total. The van der Waals surface area contributed by atoms with Crippen molar-refractivity contribution in [1.82, 2.24) is 9.97 Å². The minimum absolute atomic E-state index is 0.236. The fraction of sp³-hybridized carbons (Fsp3) is 0.100. The van der Waals surface area contributed by atoms with Crippen molar-refractivity contribution in [3.05, 3.63) is 82.4 Å². The number of H-pyrrole nitrogens is 1. The number of nitrogens with one attached hydrogen (secondary N) is 1. The van der Waals surface area contributed by atoms with Crippen LogP contribution in [0.15, 0.2) is 59.9 Å². The van der Waals surface area contributed by atoms with Crippen LogP contribution in [0.1, 0.15) is 11.1 Å². The highest BCUT2D eigenvalue weighted by Gasteiger charge is 2.23. The Bertz CT molecular complexity index is 1060. The maximum Gasteiger partial charge on any atom is 0.258 e. The average Bonchev–Trinajstić information content (AvgIpc) is 2.65. The number of ether oxygens (including phenoxy) is 2. The van der Waals surface area contributed by atoms with E-state index < -0.39 is 0 Å². The molecule has 0 bridgehead atoms. The Hall–Kier alpha value is -3.41. The molecule has 0 radical (unpaired) electrons. The highest BCUT2D eigenvalue weighted by atomic mass is 19.1. The Morgan fingerprint density at radius 3 is 3.04 bits per heavy atom. The molecule has 2 heterocycles. The molecule has 0 amide bonds. The molecule has 3 aromatic rings. The Balaban J connectivity index is 1.73. The van der Waals surface area contributed by atoms with E-state index in [1.54, 1.807) is 18.2 Å². The molecule has 1 aliphatic heterocycles. The minimum Gasteiger partial charge on any atom is -0.490 e. The lowest BCUT2D eigenvalue weighted by Crippen LogP contribution is -2.20. The molecular weight excluding hydrogens is 335 g/mol. The number of aromatic amines is 1. The molecular formula is C20H15FN2O3. The topological polar surface area (TPSA) is 64.2 Å². The van der Waals surface area contributed by atoms with Gasteiger partial charge < -0.3 is 14.5 Å². The Labute approximate surface area is 148 Å². The van der Waals surface area contributed by atoms with Gasteiger partial charge in [-0.25, -0.2) is 4.39 Å². The van der Waals surface area contributed by atoms with E-state index in [0.29, 0.717) is 40.6 Å². The molecule has 130 valence electrons. The van der Waals surface area contributed by atoms with Gasteiger partial charge in [-0.15, -0.1) is 0 Å². The van der Waals surface area contributed by atoms with E-state index in [-0.39, 0.29) is 23.7 Å². The summed E-state index contributed by atoms with van der Waals surface area (Å²) in [7, 11) is 0. The van der Waals surface area contributed by atoms with E-state index >= 15 is 0 Å². The summed E-state index contributed by atoms with van der Waals surface area (Å²) in [5.74, 6) is 1.40. The SMILES string of the molecule is C=CCOc1cccc(-c2nc3c(c(=O)[nH]2)Cc2cc(F)ccc2O3)c1. The molecule has 5 nitrogen and oxygen atoms in total. The van der Waals surface area contributed by atoms with Crippen molar-refractivity contribution in [2.75, 3.05) is 6.61 Å². The number of halogens is 1. The van der Waals surface area contributed by atoms with Gasteiger partial charge in [0.1, 0.15) is 29.7 Å². The highest BCUT2D eigenvalue weighted by molar-refractivity contribution is 5.59. The third-order valence-corrected chi connectivity index (χ3v) is 4.05. The predicted molar refractivity (Wildman–Crippen MR) is 95.3 cm³/mol. The van der Waals surface area contributed by atoms with Crippen LogP contribution in [0.3, 0.4) is 0 Å². The number of fused-ring (bicyclic) bond motifs is 2. The van der Waals surface area contributed by atoms with Crippen LogP contribution in [-0.4, -0.2) is 16.6 Å². The number of hydrogen-bond donors (Lipinski definition) is 1. The molecule has 6 heteroatoms. The van der Waals surface area contributed by atoms with Gasteiger partial charge in [0.05, 0.1) is 5.56 Å². The van der Waals surface area contributed by atoms with Crippen LogP contribution in [0.5, 0.6) is 17.4 Å². The largest absolute Gasteiger partial charge is 0.490 e. The lowest BCUT2D eigenvalue weighted by molar-refractivity contribution is 0.363. The molecule has 1 aliphatic rings. The molecule has 0 atom stereocenters. The number of benzene rings is 2. The lowest BCUT2D eigenvalue weighted by Gasteiger charge is -2.19. The summed E-state index contributed by atoms with van der Waals surface area (Å²) in [6.07, 6.45) is 1.92. The summed E-state index contributed by atoms with van der Waals surface area (Å²) in [5.41, 5.74) is 1.39. The van der Waals surface area contributed by atoms with Crippen LogP contribution in [0.4, 0.5) is 4.39 Å². The zero-order valence-electron chi connectivity index (χ0n) is 13.8. The number of rotatable bonds is 4. The zero-order chi connectivity index (χ0) is 18.1. The van der Waals surface area contributed by atoms with Crippen LogP contribution in [0, 0.1) is 5.82 Å². The second kappa shape index (κ2) is 6.48. The van der Waals surface area contributed by atoms with Crippen molar-refractivity contribution < 1.29 is 13.9 Å². The van der Waals surface area contributed by atoms with Crippen LogP contribution < -0.4 is 15.0 Å². The highest BCUT2D eigenvalue weighted by Crippen LogP contribution is 2.34. The minimum atomic E-state index is -0.367. The van der Waals surface area contributed by atoms with Crippen LogP contribution in [0.2, 0.25) is 0 Å². The number of hydrogen-bond acceptors (Lipinski definition) is 4. The van der Waals surface area contributed by atoms with E-state index in [1.165, 1.54) is 12.1 Å². The van der Waals surface area contributed by atoms with Gasteiger partial charge in [-0.05, 0) is 30.3 Å². The maximum absolute atomic E-state index is 13.4. The summed E-state index contributed by atoms with van der Waals surface area (Å²) in [6.45, 7) is 4.00. The second-order valence-electron chi connectivity index (χ2n) is 5.86. The fourth-order valence-corrected chi connectivity index (χ4v) is 2.82. The second-order valence-corrected chi connectivity index (χ2v) is 5.86. The zero-order valence-corrected chi connectivity index (χ0v) is 13.8. The van der Waals surface area contributed by atoms with Gasteiger partial charge in [0, 0.05) is 17.5 Å². The van der Waals surface area contributed by atoms with E-state index in [4.69, 9.17) is 9.47 Å². The van der Waals surface area contributed by atoms with E-state index in [0.717, 1.165) is 0 Å². The van der Waals surface area contributed by atoms with Crippen molar-refractivity contribution in [2.24, 2.45) is 0 Å². The van der Waals surface area contributed by atoms with E-state index in [2.05, 4.69) is 16.5 Å². The summed E-state index contributed by atoms with van der Waals surface area (Å²) in [6, 6.07) is 11.4. The first kappa shape index (κ1) is 16.1. The van der Waals surface area contributed by atoms with Gasteiger partial charge in [-0.3, -0.25) is 4.79 Å². The summed E-state index contributed by atoms with van der Waals surface area (Å²) in [5, 5.41) is 0. The molecule has 1 aromatic heterocycles. The number of aromatic nitrogens is 2. The van der Waals surface area contributed by atoms with Crippen molar-refractivity contribution >= 4 is 0 Å². The average molecular weight is 350 g/mol. The van der Waals surface area contributed by atoms with Crippen LogP contribution >= 0.6 is 0 Å². The van der Waals surface area contributed by atoms with Crippen molar-refractivity contribution in [1.29, 1.82) is 0 Å². The first-order chi connectivity index (χ1) is 12.6. The van der Waals surface area contributed by atoms with Crippen LogP contribution in [-0.2, 0) is 6.42 Å². The maximum atomic E-state index is 13.4. The summed E-state index contributed by atoms with van der Waals surface area (Å²) < 4.78 is 24.6. The Morgan fingerprint density at radius 2 is 2.19 bits per heavy atom. The normalized spacial score (nSPS) is 11.9. The van der Waals surface area contributed by atoms with Crippen molar-refractivity contribution in [3.8, 4) is 28.8 Å². The Morgan fingerprint density at radius 1 is 1.31 bits per heavy atom. The van der Waals surface area contributed by atoms with Gasteiger partial charge in [-0.1, -0.05) is 24.8 Å². The third-order valence-electron chi connectivity index (χ3n) is 4.05. The fourth-order valence-electron chi connectivity index (χ4n) is 2.82. The third kappa shape index (κ3) is 2.97. The number of nitrogens with zero attached hydrogens (tertiary/aromatic N) is 1. The standard InChI is InChI=1S/C20H15FN2O3/c1-2-8-25-15-5-3-4-12(10-15)18-22-19(24)16-11-13-9-14(21)6-7-17(13)26-20(16)23-18/h2-7,9-10H,1,8,11H2,(H,22,23,24). The molecule has 0 spiro atoms. The molecule has 4 rings (SSSR count). The van der Waals surface area contributed by atoms with Crippen molar-refractivity contribution in [3.63, 3.8) is 0 Å². The molecule has 0 saturated carbocycles. The lowest BCUT2D eigenvalue weighted by atomic mass is 10.0. The van der Waals surface area contributed by atoms with Gasteiger partial charge >= 0.3 is 0 Å². The van der Waals surface area contributed by atoms with Gasteiger partial charge in [0.2, 0.25) is 5.88 Å². The quantitative estimate of drug-likeness (QED) is 0.568. The van der Waals surface area contributed by atoms with Crippen LogP contribution in [0.25, 0.3) is 11.4 Å². The molecule has 0 fully saturated rings. The summed E-state index contributed by atoms with van der Waals surface area (Å²) in [4.78, 5) is 19.7. The first-order valence-electron chi connectivity index (χ1n) is 8.07. The molecule has 2 aromatic carbocycles. The molecule has 0 unspecified atom stereocenters. The first-order valence-corrected chi connectivity index (χ1v) is 8.07. The smallest absolute Gasteiger partial charge is 0.258 e. The molecule has 26 heavy (non-hydrogen) atoms. The predicted octanol–water partition coefficient (Wildman–Crippen LogP) is 3.84. The van der Waals surface area contributed by atoms with E-state index in [1.807, 2.05) is 18.2 Å². The van der Waals surface area contributed by atoms with Gasteiger partial charge in [0.15, 0.2) is 0 Å². The Kier molecular flexibility index (Phi) is 4.01. The van der Waals surface area contributed by atoms with Gasteiger partial charge in [0.25, 0.3) is 5.56 Å². The van der Waals surface area contributed by atoms with Gasteiger partial charge in [-0.2, -0.15) is 4.98 Å². The van der Waals surface area contributed by atoms with E-state index in [9.17, 15) is 9.18 Å². The summed E-state index contributed by atoms with van der Waals surface area (Å²) >= 11 is 0. The van der Waals surface area contributed by atoms with Crippen molar-refractivity contribution in [2.45, 2.75) is 6.42 Å². The molecule has 0 saturated heterocycles.